The number of rotatable bonds is 3. The highest BCUT2D eigenvalue weighted by molar-refractivity contribution is 8.16. The van der Waals surface area contributed by atoms with E-state index in [-0.39, 0.29) is 24.7 Å². The Balaban J connectivity index is 0.000000522. The number of hydrogen-bond donors (Lipinski definition) is 2. The van der Waals surface area contributed by atoms with Crippen molar-refractivity contribution in [3.05, 3.63) is 54.1 Å². The first-order valence-corrected chi connectivity index (χ1v) is 15.0. The fourth-order valence-corrected chi connectivity index (χ4v) is 6.11. The Morgan fingerprint density at radius 3 is 1.71 bits per heavy atom. The molecule has 0 aromatic heterocycles. The summed E-state index contributed by atoms with van der Waals surface area (Å²) in [6, 6.07) is 11.5. The molecule has 1 aliphatic rings. The number of halogens is 2. The van der Waals surface area contributed by atoms with E-state index < -0.39 is 38.0 Å². The van der Waals surface area contributed by atoms with Crippen molar-refractivity contribution in [3.63, 3.8) is 0 Å². The van der Waals surface area contributed by atoms with Crippen molar-refractivity contribution >= 4 is 65.1 Å². The summed E-state index contributed by atoms with van der Waals surface area (Å²) in [7, 11) is 6.24. The molecule has 2 aromatic carbocycles. The maximum absolute atomic E-state index is 11.6. The molecule has 1 aliphatic heterocycles. The van der Waals surface area contributed by atoms with Gasteiger partial charge in [-0.15, -0.1) is 0 Å². The predicted octanol–water partition coefficient (Wildman–Crippen LogP) is 0.673. The number of fused-ring (bicyclic) bond motifs is 1. The van der Waals surface area contributed by atoms with Gasteiger partial charge in [0.1, 0.15) is 9.79 Å². The van der Waals surface area contributed by atoms with E-state index >= 15 is 0 Å². The van der Waals surface area contributed by atoms with E-state index in [1.54, 1.807) is 18.2 Å². The van der Waals surface area contributed by atoms with E-state index in [2.05, 4.69) is 15.5 Å². The van der Waals surface area contributed by atoms with Gasteiger partial charge in [0.2, 0.25) is 0 Å². The minimum Gasteiger partial charge on any atom is -0.394 e. The molecule has 10 nitrogen and oxygen atoms in total. The predicted molar refractivity (Wildman–Crippen MR) is 127 cm³/mol. The minimum atomic E-state index is -4.11. The molecule has 0 aliphatic carbocycles. The minimum absolute atomic E-state index is 0.0800. The quantitative estimate of drug-likeness (QED) is 0.304. The number of aliphatic hydroxyl groups excluding tert-OH is 2. The molecule has 2 aromatic rings. The van der Waals surface area contributed by atoms with Crippen molar-refractivity contribution in [2.24, 2.45) is 0 Å². The molecule has 0 fully saturated rings. The third-order valence-corrected chi connectivity index (χ3v) is 7.74. The van der Waals surface area contributed by atoms with Crippen LogP contribution in [-0.4, -0.2) is 77.4 Å². The molecule has 186 valence electrons. The first-order chi connectivity index (χ1) is 15.8. The lowest BCUT2D eigenvalue weighted by molar-refractivity contribution is 0.0844. The molecule has 0 saturated heterocycles. The lowest BCUT2D eigenvalue weighted by atomic mass is 9.81. The van der Waals surface area contributed by atoms with Crippen LogP contribution in [0.5, 0.6) is 0 Å². The second-order valence-corrected chi connectivity index (χ2v) is 12.4. The molecule has 17 heteroatoms. The average Bonchev–Trinajstić information content (AvgIpc) is 2.79. The highest BCUT2D eigenvalue weighted by Crippen LogP contribution is 2.26. The van der Waals surface area contributed by atoms with E-state index in [0.29, 0.717) is 18.8 Å². The SMILES string of the molecule is O=S(=O)(Cl)c1ccccc1S(=O)(=O)Cl.O=S1(=O)OCCOCc2ccccc21.OCCO.[B][B]. The molecule has 0 unspecified atom stereocenters. The fraction of sp³-hybridized carbons (Fsp3) is 0.294. The summed E-state index contributed by atoms with van der Waals surface area (Å²) >= 11 is 0. The van der Waals surface area contributed by atoms with Crippen molar-refractivity contribution in [2.45, 2.75) is 21.3 Å². The third-order valence-electron chi connectivity index (χ3n) is 3.44. The second kappa shape index (κ2) is 15.8. The van der Waals surface area contributed by atoms with Crippen LogP contribution in [0.1, 0.15) is 5.56 Å². The Kier molecular flexibility index (Phi) is 15.2. The van der Waals surface area contributed by atoms with Gasteiger partial charge >= 0.3 is 0 Å². The standard InChI is InChI=1S/C9H10O4S.C6H4Cl2O4S2.C2H6O2.B2/c10-14(11)9-4-2-1-3-8(9)7-12-5-6-13-14;7-13(9,10)5-3-1-2-4-6(5)14(8,11)12;3-1-2-4;1-2/h1-4H,5-7H2;1-4H;3-4H,1-2H2;. The van der Waals surface area contributed by atoms with Gasteiger partial charge in [0.15, 0.2) is 0 Å². The van der Waals surface area contributed by atoms with Crippen molar-refractivity contribution in [2.75, 3.05) is 26.4 Å². The van der Waals surface area contributed by atoms with Crippen molar-refractivity contribution < 1.29 is 44.4 Å². The molecule has 3 rings (SSSR count). The van der Waals surface area contributed by atoms with Crippen molar-refractivity contribution in [1.29, 1.82) is 0 Å². The molecule has 1 heterocycles. The van der Waals surface area contributed by atoms with E-state index in [1.807, 2.05) is 0 Å². The summed E-state index contributed by atoms with van der Waals surface area (Å²) in [5, 5.41) is 15.2. The van der Waals surface area contributed by atoms with Crippen LogP contribution in [0.4, 0.5) is 0 Å². The zero-order valence-electron chi connectivity index (χ0n) is 17.5. The van der Waals surface area contributed by atoms with E-state index in [1.165, 1.54) is 18.2 Å². The highest BCUT2D eigenvalue weighted by atomic mass is 35.7. The van der Waals surface area contributed by atoms with Crippen LogP contribution in [0.2, 0.25) is 0 Å². The first-order valence-electron chi connectivity index (χ1n) is 8.93. The lowest BCUT2D eigenvalue weighted by Gasteiger charge is -2.14. The monoisotopic (exact) mass is 572 g/mol. The van der Waals surface area contributed by atoms with Gasteiger partial charge in [0.25, 0.3) is 28.2 Å². The second-order valence-electron chi connectivity index (χ2n) is 5.71. The summed E-state index contributed by atoms with van der Waals surface area (Å²) in [6.45, 7) is 0.447. The van der Waals surface area contributed by atoms with Gasteiger partial charge in [-0.25, -0.2) is 16.8 Å². The Labute approximate surface area is 210 Å². The summed E-state index contributed by atoms with van der Waals surface area (Å²) in [5.74, 6) is 0. The molecular weight excluding hydrogens is 553 g/mol. The number of benzene rings is 2. The fourth-order valence-electron chi connectivity index (χ4n) is 2.17. The molecule has 0 saturated carbocycles. The van der Waals surface area contributed by atoms with Gasteiger partial charge in [-0.05, 0) is 23.8 Å². The van der Waals surface area contributed by atoms with Gasteiger partial charge in [-0.3, -0.25) is 4.18 Å². The van der Waals surface area contributed by atoms with Crippen LogP contribution in [0.3, 0.4) is 0 Å². The van der Waals surface area contributed by atoms with Crippen LogP contribution in [-0.2, 0) is 43.7 Å². The summed E-state index contributed by atoms with van der Waals surface area (Å²) < 4.78 is 76.9. The zero-order chi connectivity index (χ0) is 26.4. The summed E-state index contributed by atoms with van der Waals surface area (Å²) in [5.41, 5.74) is 0.646. The Morgan fingerprint density at radius 2 is 1.26 bits per heavy atom. The maximum atomic E-state index is 11.6. The Morgan fingerprint density at radius 1 is 0.824 bits per heavy atom. The Hall–Kier alpha value is -1.16. The summed E-state index contributed by atoms with van der Waals surface area (Å²) in [6.07, 6.45) is 0. The molecule has 0 amide bonds. The van der Waals surface area contributed by atoms with Crippen LogP contribution in [0.15, 0.2) is 63.2 Å². The third kappa shape index (κ3) is 11.5. The number of hydrogen-bond acceptors (Lipinski definition) is 10. The van der Waals surface area contributed by atoms with Crippen molar-refractivity contribution in [1.82, 2.24) is 0 Å². The van der Waals surface area contributed by atoms with Gasteiger partial charge in [-0.1, -0.05) is 30.3 Å². The average molecular weight is 573 g/mol. The van der Waals surface area contributed by atoms with Gasteiger partial charge < -0.3 is 14.9 Å². The van der Waals surface area contributed by atoms with Gasteiger partial charge in [0, 0.05) is 36.8 Å². The molecule has 0 bridgehead atoms. The molecule has 4 radical (unpaired) electrons. The van der Waals surface area contributed by atoms with Crippen LogP contribution < -0.4 is 0 Å². The smallest absolute Gasteiger partial charge is 0.297 e. The zero-order valence-corrected chi connectivity index (χ0v) is 21.4. The van der Waals surface area contributed by atoms with Gasteiger partial charge in [-0.2, -0.15) is 8.42 Å². The van der Waals surface area contributed by atoms with Crippen LogP contribution in [0.25, 0.3) is 0 Å². The normalized spacial score (nSPS) is 14.7. The van der Waals surface area contributed by atoms with Crippen LogP contribution >= 0.6 is 21.4 Å². The first kappa shape index (κ1) is 32.8. The van der Waals surface area contributed by atoms with Crippen LogP contribution in [0, 0.1) is 0 Å². The number of ether oxygens (including phenoxy) is 1. The van der Waals surface area contributed by atoms with Crippen molar-refractivity contribution in [3.8, 4) is 0 Å². The van der Waals surface area contributed by atoms with E-state index in [0.717, 1.165) is 12.1 Å². The summed E-state index contributed by atoms with van der Waals surface area (Å²) in [4.78, 5) is -0.826. The molecule has 0 atom stereocenters. The molecular formula is C17H20B2Cl2O10S3. The molecule has 0 spiro atoms. The van der Waals surface area contributed by atoms with E-state index in [9.17, 15) is 25.3 Å². The lowest BCUT2D eigenvalue weighted by Crippen LogP contribution is -2.17. The molecule has 2 N–H and O–H groups in total. The molecule has 34 heavy (non-hydrogen) atoms. The highest BCUT2D eigenvalue weighted by Gasteiger charge is 2.23. The van der Waals surface area contributed by atoms with E-state index in [4.69, 9.17) is 40.5 Å². The van der Waals surface area contributed by atoms with Gasteiger partial charge in [0.05, 0.1) is 37.9 Å². The largest absolute Gasteiger partial charge is 0.394 e. The topological polar surface area (TPSA) is 161 Å². The Bertz CT molecular complexity index is 1150. The maximum Gasteiger partial charge on any atom is 0.297 e. The number of aliphatic hydroxyl groups is 2.